The van der Waals surface area contributed by atoms with Gasteiger partial charge in [-0.3, -0.25) is 14.5 Å². The molecule has 0 spiro atoms. The van der Waals surface area contributed by atoms with Gasteiger partial charge < -0.3 is 20.0 Å². The minimum Gasteiger partial charge on any atom is -0.368 e. The third kappa shape index (κ3) is 6.16. The molecule has 200 valence electrons. The monoisotopic (exact) mass is 532 g/mol. The second-order valence-electron chi connectivity index (χ2n) is 10.1. The zero-order valence-corrected chi connectivity index (χ0v) is 23.0. The number of nitrogens with one attached hydrogen (secondary N) is 1. The number of carbonyl (C=O) groups is 2. The van der Waals surface area contributed by atoms with E-state index in [1.165, 1.54) is 33.7 Å². The predicted octanol–water partition coefficient (Wildman–Crippen LogP) is 3.48. The van der Waals surface area contributed by atoms with Gasteiger partial charge in [0.2, 0.25) is 5.91 Å². The number of hydrogen-bond donors (Lipinski definition) is 1. The molecule has 0 bridgehead atoms. The van der Waals surface area contributed by atoms with Gasteiger partial charge in [-0.1, -0.05) is 48.5 Å². The Kier molecular flexibility index (Phi) is 8.24. The summed E-state index contributed by atoms with van der Waals surface area (Å²) in [7, 11) is 0. The fourth-order valence-electron chi connectivity index (χ4n) is 5.27. The summed E-state index contributed by atoms with van der Waals surface area (Å²) in [5.41, 5.74) is 5.53. The lowest BCUT2D eigenvalue weighted by atomic mass is 10.1. The highest BCUT2D eigenvalue weighted by Gasteiger charge is 2.28. The Morgan fingerprint density at radius 2 is 1.50 bits per heavy atom. The molecule has 2 amide bonds. The van der Waals surface area contributed by atoms with Crippen LogP contribution in [-0.2, 0) is 11.3 Å². The van der Waals surface area contributed by atoms with Crippen molar-refractivity contribution in [3.8, 4) is 0 Å². The first-order chi connectivity index (χ1) is 18.5. The molecule has 38 heavy (non-hydrogen) atoms. The molecule has 1 aromatic heterocycles. The number of carbonyl (C=O) groups excluding carboxylic acids is 2. The van der Waals surface area contributed by atoms with Crippen LogP contribution in [0.3, 0.4) is 0 Å². The number of aryl methyl sites for hydroxylation is 2. The fraction of sp³-hybridized carbons (Fsp3) is 0.414. The minimum absolute atomic E-state index is 0.0393. The molecule has 0 aliphatic carbocycles. The highest BCUT2D eigenvalue weighted by Crippen LogP contribution is 2.25. The predicted molar refractivity (Wildman–Crippen MR) is 153 cm³/mol. The molecule has 3 heterocycles. The van der Waals surface area contributed by atoms with Crippen LogP contribution in [0.2, 0.25) is 0 Å². The Morgan fingerprint density at radius 3 is 2.18 bits per heavy atom. The van der Waals surface area contributed by atoms with Gasteiger partial charge in [0, 0.05) is 70.0 Å². The minimum atomic E-state index is -0.0393. The van der Waals surface area contributed by atoms with Gasteiger partial charge in [0.05, 0.1) is 6.54 Å². The number of thiazole rings is 1. The van der Waals surface area contributed by atoms with Gasteiger partial charge in [0.1, 0.15) is 5.69 Å². The lowest BCUT2D eigenvalue weighted by Crippen LogP contribution is -2.54. The summed E-state index contributed by atoms with van der Waals surface area (Å²) < 4.78 is 0. The number of nitrogens with zero attached hydrogens (tertiary/aromatic N) is 5. The van der Waals surface area contributed by atoms with Crippen LogP contribution in [0.4, 0.5) is 10.8 Å². The van der Waals surface area contributed by atoms with E-state index < -0.39 is 0 Å². The van der Waals surface area contributed by atoms with Crippen LogP contribution in [0.1, 0.15) is 27.2 Å². The Hall–Kier alpha value is -3.43. The Labute approximate surface area is 228 Å². The molecule has 5 rings (SSSR count). The third-order valence-electron chi connectivity index (χ3n) is 7.42. The number of benzene rings is 2. The largest absolute Gasteiger partial charge is 0.368 e. The molecular formula is C29H36N6O2S. The normalized spacial score (nSPS) is 16.5. The third-order valence-corrected chi connectivity index (χ3v) is 8.22. The smallest absolute Gasteiger partial charge is 0.273 e. The van der Waals surface area contributed by atoms with E-state index in [2.05, 4.69) is 64.3 Å². The van der Waals surface area contributed by atoms with Crippen LogP contribution in [0.5, 0.6) is 0 Å². The number of piperazine rings is 2. The lowest BCUT2D eigenvalue weighted by molar-refractivity contribution is -0.133. The van der Waals surface area contributed by atoms with E-state index in [9.17, 15) is 9.59 Å². The number of aromatic nitrogens is 1. The summed E-state index contributed by atoms with van der Waals surface area (Å²) >= 11 is 1.45. The molecule has 8 nitrogen and oxygen atoms in total. The summed E-state index contributed by atoms with van der Waals surface area (Å²) in [6, 6.07) is 16.5. The molecule has 0 unspecified atom stereocenters. The Bertz CT molecular complexity index is 1230. The number of para-hydroxylation sites is 1. The molecule has 3 aromatic rings. The Morgan fingerprint density at radius 1 is 0.842 bits per heavy atom. The van der Waals surface area contributed by atoms with Gasteiger partial charge in [0.25, 0.3) is 5.91 Å². The van der Waals surface area contributed by atoms with Crippen molar-refractivity contribution in [1.82, 2.24) is 19.7 Å². The molecular weight excluding hydrogens is 496 g/mol. The zero-order valence-electron chi connectivity index (χ0n) is 22.2. The van der Waals surface area contributed by atoms with Crippen molar-refractivity contribution < 1.29 is 9.59 Å². The van der Waals surface area contributed by atoms with Gasteiger partial charge in [-0.05, 0) is 30.5 Å². The second-order valence-corrected chi connectivity index (χ2v) is 10.9. The first kappa shape index (κ1) is 26.2. The highest BCUT2D eigenvalue weighted by atomic mass is 32.1. The van der Waals surface area contributed by atoms with E-state index in [0.717, 1.165) is 31.3 Å². The molecule has 1 N–H and O–H groups in total. The van der Waals surface area contributed by atoms with Gasteiger partial charge in [0.15, 0.2) is 5.13 Å². The highest BCUT2D eigenvalue weighted by molar-refractivity contribution is 7.13. The first-order valence-corrected chi connectivity index (χ1v) is 14.2. The van der Waals surface area contributed by atoms with Crippen LogP contribution in [-0.4, -0.2) is 90.4 Å². The van der Waals surface area contributed by atoms with Crippen LogP contribution < -0.4 is 10.2 Å². The maximum absolute atomic E-state index is 13.0. The molecule has 0 radical (unpaired) electrons. The van der Waals surface area contributed by atoms with Crippen molar-refractivity contribution in [2.75, 3.05) is 69.1 Å². The van der Waals surface area contributed by atoms with Gasteiger partial charge >= 0.3 is 0 Å². The van der Waals surface area contributed by atoms with Crippen molar-refractivity contribution in [2.45, 2.75) is 20.4 Å². The number of rotatable bonds is 7. The summed E-state index contributed by atoms with van der Waals surface area (Å²) in [6.07, 6.45) is 0. The fourth-order valence-corrected chi connectivity index (χ4v) is 5.96. The van der Waals surface area contributed by atoms with Crippen molar-refractivity contribution in [3.05, 3.63) is 76.3 Å². The van der Waals surface area contributed by atoms with Crippen molar-refractivity contribution in [3.63, 3.8) is 0 Å². The van der Waals surface area contributed by atoms with E-state index in [1.807, 2.05) is 33.4 Å². The lowest BCUT2D eigenvalue weighted by Gasteiger charge is -2.39. The second kappa shape index (κ2) is 12.0. The van der Waals surface area contributed by atoms with E-state index in [4.69, 9.17) is 0 Å². The van der Waals surface area contributed by atoms with Gasteiger partial charge in [-0.2, -0.15) is 0 Å². The molecule has 2 aliphatic heterocycles. The molecule has 9 heteroatoms. The van der Waals surface area contributed by atoms with Crippen molar-refractivity contribution >= 4 is 34.0 Å². The van der Waals surface area contributed by atoms with Crippen LogP contribution in [0, 0.1) is 13.8 Å². The van der Waals surface area contributed by atoms with E-state index in [0.29, 0.717) is 45.0 Å². The van der Waals surface area contributed by atoms with Gasteiger partial charge in [-0.15, -0.1) is 11.3 Å². The van der Waals surface area contributed by atoms with Crippen molar-refractivity contribution in [1.29, 1.82) is 0 Å². The van der Waals surface area contributed by atoms with Crippen molar-refractivity contribution in [2.24, 2.45) is 0 Å². The molecule has 2 saturated heterocycles. The zero-order chi connectivity index (χ0) is 26.5. The summed E-state index contributed by atoms with van der Waals surface area (Å²) in [6.45, 7) is 11.2. The summed E-state index contributed by atoms with van der Waals surface area (Å²) in [5, 5.41) is 5.87. The molecule has 2 aliphatic rings. The maximum Gasteiger partial charge on any atom is 0.273 e. The topological polar surface area (TPSA) is 72.0 Å². The van der Waals surface area contributed by atoms with E-state index in [-0.39, 0.29) is 11.8 Å². The van der Waals surface area contributed by atoms with Crippen LogP contribution in [0.25, 0.3) is 0 Å². The SMILES string of the molecule is Cc1cccc(C)c1N1CCN(C(=O)CN2CCN(C(=O)c3csc(NCc4ccccc4)n3)CC2)CC1. The summed E-state index contributed by atoms with van der Waals surface area (Å²) in [5.74, 6) is 0.141. The standard InChI is InChI=1S/C29H36N6O2S/c1-22-7-6-8-23(2)27(22)34-17-15-33(16-18-34)26(36)20-32-11-13-35(14-12-32)28(37)25-21-38-29(31-25)30-19-24-9-4-3-5-10-24/h3-10,21H,11-20H2,1-2H3,(H,30,31). The Balaban J connectivity index is 1.05. The molecule has 2 aromatic carbocycles. The van der Waals surface area contributed by atoms with Crippen LogP contribution in [0.15, 0.2) is 53.9 Å². The van der Waals surface area contributed by atoms with E-state index in [1.54, 1.807) is 0 Å². The number of amides is 2. The molecule has 0 saturated carbocycles. The molecule has 2 fully saturated rings. The average molecular weight is 533 g/mol. The summed E-state index contributed by atoms with van der Waals surface area (Å²) in [4.78, 5) is 38.9. The number of hydrogen-bond acceptors (Lipinski definition) is 7. The van der Waals surface area contributed by atoms with Crippen LogP contribution >= 0.6 is 11.3 Å². The maximum atomic E-state index is 13.0. The average Bonchev–Trinajstić information content (AvgIpc) is 3.42. The number of anilines is 2. The van der Waals surface area contributed by atoms with Gasteiger partial charge in [-0.25, -0.2) is 4.98 Å². The molecule has 0 atom stereocenters. The first-order valence-electron chi connectivity index (χ1n) is 13.3. The quantitative estimate of drug-likeness (QED) is 0.503. The van der Waals surface area contributed by atoms with E-state index >= 15 is 0 Å².